The molecule has 1 fully saturated rings. The Balaban J connectivity index is 2.03. The van der Waals surface area contributed by atoms with Gasteiger partial charge in [-0.15, -0.1) is 0 Å². The molecule has 0 unspecified atom stereocenters. The second-order valence-corrected chi connectivity index (χ2v) is 6.06. The Morgan fingerprint density at radius 1 is 1.47 bits per heavy atom. The van der Waals surface area contributed by atoms with Gasteiger partial charge in [0.25, 0.3) is 0 Å². The lowest BCUT2D eigenvalue weighted by Gasteiger charge is -2.23. The molecule has 5 heteroatoms. The van der Waals surface area contributed by atoms with E-state index in [2.05, 4.69) is 29.2 Å². The molecule has 19 heavy (non-hydrogen) atoms. The fourth-order valence-electron chi connectivity index (χ4n) is 2.12. The highest BCUT2D eigenvalue weighted by atomic mass is 35.5. The van der Waals surface area contributed by atoms with Crippen molar-refractivity contribution in [3.05, 3.63) is 22.8 Å². The summed E-state index contributed by atoms with van der Waals surface area (Å²) < 4.78 is 0. The number of pyridine rings is 1. The summed E-state index contributed by atoms with van der Waals surface area (Å²) in [5.74, 6) is 6.79. The SMILES string of the molecule is CC(C)CCN(Cc1nc(NN)ccc1Cl)C1CC1. The van der Waals surface area contributed by atoms with E-state index in [4.69, 9.17) is 17.4 Å². The van der Waals surface area contributed by atoms with Crippen LogP contribution in [0.4, 0.5) is 5.82 Å². The number of hydrazine groups is 1. The quantitative estimate of drug-likeness (QED) is 0.596. The lowest BCUT2D eigenvalue weighted by atomic mass is 10.1. The molecule has 2 rings (SSSR count). The van der Waals surface area contributed by atoms with Crippen LogP contribution in [0, 0.1) is 5.92 Å². The van der Waals surface area contributed by atoms with Crippen LogP contribution in [0.15, 0.2) is 12.1 Å². The first-order chi connectivity index (χ1) is 9.10. The lowest BCUT2D eigenvalue weighted by Crippen LogP contribution is -2.28. The number of hydrogen-bond acceptors (Lipinski definition) is 4. The van der Waals surface area contributed by atoms with E-state index >= 15 is 0 Å². The molecule has 0 bridgehead atoms. The summed E-state index contributed by atoms with van der Waals surface area (Å²) in [6, 6.07) is 4.36. The molecule has 3 N–H and O–H groups in total. The van der Waals surface area contributed by atoms with Crippen molar-refractivity contribution in [1.29, 1.82) is 0 Å². The van der Waals surface area contributed by atoms with Gasteiger partial charge in [-0.05, 0) is 43.9 Å². The minimum absolute atomic E-state index is 0.666. The van der Waals surface area contributed by atoms with E-state index < -0.39 is 0 Å². The van der Waals surface area contributed by atoms with E-state index in [9.17, 15) is 0 Å². The van der Waals surface area contributed by atoms with Gasteiger partial charge in [0.2, 0.25) is 0 Å². The second-order valence-electron chi connectivity index (χ2n) is 5.65. The molecule has 1 saturated carbocycles. The van der Waals surface area contributed by atoms with Crippen molar-refractivity contribution in [3.8, 4) is 0 Å². The van der Waals surface area contributed by atoms with Gasteiger partial charge in [-0.2, -0.15) is 0 Å². The number of hydrogen-bond donors (Lipinski definition) is 2. The summed E-state index contributed by atoms with van der Waals surface area (Å²) in [5.41, 5.74) is 3.48. The van der Waals surface area contributed by atoms with Crippen LogP contribution < -0.4 is 11.3 Å². The summed E-state index contributed by atoms with van der Waals surface area (Å²) in [4.78, 5) is 6.95. The number of nitrogens with zero attached hydrogens (tertiary/aromatic N) is 2. The molecule has 1 aromatic heterocycles. The molecule has 0 saturated heterocycles. The third kappa shape index (κ3) is 4.34. The number of rotatable bonds is 7. The third-order valence-electron chi connectivity index (χ3n) is 3.48. The van der Waals surface area contributed by atoms with Gasteiger partial charge in [0.05, 0.1) is 10.7 Å². The molecule has 1 aromatic rings. The Bertz CT molecular complexity index is 418. The van der Waals surface area contributed by atoms with E-state index in [1.54, 1.807) is 6.07 Å². The van der Waals surface area contributed by atoms with Crippen LogP contribution in [0.5, 0.6) is 0 Å². The highest BCUT2D eigenvalue weighted by Crippen LogP contribution is 2.30. The molecule has 0 aromatic carbocycles. The van der Waals surface area contributed by atoms with Crippen molar-refractivity contribution < 1.29 is 0 Å². The fraction of sp³-hybridized carbons (Fsp3) is 0.643. The summed E-state index contributed by atoms with van der Waals surface area (Å²) in [6.07, 6.45) is 3.80. The van der Waals surface area contributed by atoms with E-state index in [1.165, 1.54) is 19.3 Å². The van der Waals surface area contributed by atoms with Gasteiger partial charge in [0, 0.05) is 12.6 Å². The molecular formula is C14H23ClN4. The summed E-state index contributed by atoms with van der Waals surface area (Å²) in [7, 11) is 0. The maximum absolute atomic E-state index is 6.23. The monoisotopic (exact) mass is 282 g/mol. The van der Waals surface area contributed by atoms with Crippen molar-refractivity contribution in [2.45, 2.75) is 45.7 Å². The average Bonchev–Trinajstić information content (AvgIpc) is 3.20. The molecule has 1 aliphatic carbocycles. The highest BCUT2D eigenvalue weighted by molar-refractivity contribution is 6.31. The zero-order valence-electron chi connectivity index (χ0n) is 11.7. The minimum Gasteiger partial charge on any atom is -0.308 e. The van der Waals surface area contributed by atoms with Crippen LogP contribution in [0.1, 0.15) is 38.8 Å². The van der Waals surface area contributed by atoms with Crippen molar-refractivity contribution >= 4 is 17.4 Å². The molecule has 0 radical (unpaired) electrons. The van der Waals surface area contributed by atoms with Crippen LogP contribution in [0.2, 0.25) is 5.02 Å². The first kappa shape index (κ1) is 14.6. The molecule has 4 nitrogen and oxygen atoms in total. The predicted molar refractivity (Wildman–Crippen MR) is 79.9 cm³/mol. The first-order valence-corrected chi connectivity index (χ1v) is 7.34. The van der Waals surface area contributed by atoms with Crippen molar-refractivity contribution in [1.82, 2.24) is 9.88 Å². The summed E-state index contributed by atoms with van der Waals surface area (Å²) in [6.45, 7) is 6.44. The Labute approximate surface area is 120 Å². The smallest absolute Gasteiger partial charge is 0.140 e. The molecule has 106 valence electrons. The first-order valence-electron chi connectivity index (χ1n) is 6.96. The third-order valence-corrected chi connectivity index (χ3v) is 3.82. The van der Waals surface area contributed by atoms with E-state index in [0.717, 1.165) is 24.7 Å². The van der Waals surface area contributed by atoms with Gasteiger partial charge in [0.1, 0.15) is 5.82 Å². The largest absolute Gasteiger partial charge is 0.308 e. The lowest BCUT2D eigenvalue weighted by molar-refractivity contribution is 0.237. The Kier molecular flexibility index (Phi) is 5.02. The van der Waals surface area contributed by atoms with Gasteiger partial charge in [-0.1, -0.05) is 25.4 Å². The number of nitrogen functional groups attached to an aromatic ring is 1. The zero-order valence-corrected chi connectivity index (χ0v) is 12.5. The normalized spacial score (nSPS) is 15.3. The Hall–Kier alpha value is -0.840. The maximum Gasteiger partial charge on any atom is 0.140 e. The van der Waals surface area contributed by atoms with Crippen molar-refractivity contribution in [2.75, 3.05) is 12.0 Å². The number of nitrogens with two attached hydrogens (primary N) is 1. The molecule has 0 aliphatic heterocycles. The number of halogens is 1. The molecule has 0 spiro atoms. The predicted octanol–water partition coefficient (Wildman–Crippen LogP) is 3.03. The standard InChI is InChI=1S/C14H23ClN4/c1-10(2)7-8-19(11-3-4-11)9-13-12(15)5-6-14(17-13)18-16/h5-6,10-11H,3-4,7-9,16H2,1-2H3,(H,17,18). The topological polar surface area (TPSA) is 54.2 Å². The van der Waals surface area contributed by atoms with Crippen LogP contribution in [0.25, 0.3) is 0 Å². The Morgan fingerprint density at radius 3 is 2.79 bits per heavy atom. The Morgan fingerprint density at radius 2 is 2.21 bits per heavy atom. The van der Waals surface area contributed by atoms with Crippen LogP contribution in [-0.2, 0) is 6.54 Å². The van der Waals surface area contributed by atoms with Gasteiger partial charge in [-0.25, -0.2) is 10.8 Å². The van der Waals surface area contributed by atoms with E-state index in [0.29, 0.717) is 16.9 Å². The van der Waals surface area contributed by atoms with Gasteiger partial charge in [0.15, 0.2) is 0 Å². The zero-order chi connectivity index (χ0) is 13.8. The second kappa shape index (κ2) is 6.55. The average molecular weight is 283 g/mol. The molecule has 1 heterocycles. The number of anilines is 1. The number of nitrogens with one attached hydrogen (secondary N) is 1. The highest BCUT2D eigenvalue weighted by Gasteiger charge is 2.29. The van der Waals surface area contributed by atoms with Crippen LogP contribution >= 0.6 is 11.6 Å². The summed E-state index contributed by atoms with van der Waals surface area (Å²) in [5, 5.41) is 0.717. The van der Waals surface area contributed by atoms with Gasteiger partial charge < -0.3 is 5.43 Å². The fourth-order valence-corrected chi connectivity index (χ4v) is 2.29. The summed E-state index contributed by atoms with van der Waals surface area (Å²) >= 11 is 6.23. The van der Waals surface area contributed by atoms with Crippen molar-refractivity contribution in [3.63, 3.8) is 0 Å². The molecule has 1 aliphatic rings. The number of aromatic nitrogens is 1. The van der Waals surface area contributed by atoms with Crippen LogP contribution in [0.3, 0.4) is 0 Å². The van der Waals surface area contributed by atoms with Crippen LogP contribution in [-0.4, -0.2) is 22.5 Å². The van der Waals surface area contributed by atoms with E-state index in [-0.39, 0.29) is 0 Å². The minimum atomic E-state index is 0.666. The van der Waals surface area contributed by atoms with Gasteiger partial charge >= 0.3 is 0 Å². The molecule has 0 atom stereocenters. The molecule has 0 amide bonds. The maximum atomic E-state index is 6.23. The molecular weight excluding hydrogens is 260 g/mol. The van der Waals surface area contributed by atoms with Crippen molar-refractivity contribution in [2.24, 2.45) is 11.8 Å². The van der Waals surface area contributed by atoms with E-state index in [1.807, 2.05) is 6.07 Å². The van der Waals surface area contributed by atoms with Gasteiger partial charge in [-0.3, -0.25) is 4.90 Å².